The lowest BCUT2D eigenvalue weighted by Crippen LogP contribution is -2.48. The van der Waals surface area contributed by atoms with Gasteiger partial charge < -0.3 is 9.88 Å². The molecule has 7 nitrogen and oxygen atoms in total. The number of rotatable bonds is 2. The molecule has 2 heterocycles. The first-order valence-electron chi connectivity index (χ1n) is 5.20. The summed E-state index contributed by atoms with van der Waals surface area (Å²) in [6, 6.07) is -0.588. The van der Waals surface area contributed by atoms with E-state index in [1.807, 2.05) is 0 Å². The molecule has 0 spiro atoms. The number of anilines is 1. The SMILES string of the molecule is Cn1ccnc(NC2CCC(=O)NC2=O)c1=O. The third-order valence-corrected chi connectivity index (χ3v) is 2.57. The fourth-order valence-corrected chi connectivity index (χ4v) is 1.59. The minimum Gasteiger partial charge on any atom is -0.354 e. The Morgan fingerprint density at radius 3 is 2.94 bits per heavy atom. The summed E-state index contributed by atoms with van der Waals surface area (Å²) in [5, 5.41) is 4.96. The zero-order valence-electron chi connectivity index (χ0n) is 9.27. The van der Waals surface area contributed by atoms with Crippen LogP contribution in [0.1, 0.15) is 12.8 Å². The van der Waals surface area contributed by atoms with Crippen molar-refractivity contribution in [1.82, 2.24) is 14.9 Å². The van der Waals surface area contributed by atoms with Crippen LogP contribution in [0.3, 0.4) is 0 Å². The van der Waals surface area contributed by atoms with Crippen LogP contribution in [-0.2, 0) is 16.6 Å². The highest BCUT2D eigenvalue weighted by Gasteiger charge is 2.27. The van der Waals surface area contributed by atoms with Crippen LogP contribution in [-0.4, -0.2) is 27.4 Å². The maximum atomic E-state index is 11.7. The number of aryl methyl sites for hydroxylation is 1. The van der Waals surface area contributed by atoms with E-state index < -0.39 is 11.9 Å². The normalized spacial score (nSPS) is 19.9. The molecular weight excluding hydrogens is 224 g/mol. The second kappa shape index (κ2) is 4.36. The highest BCUT2D eigenvalue weighted by Crippen LogP contribution is 2.08. The molecule has 17 heavy (non-hydrogen) atoms. The number of imide groups is 1. The van der Waals surface area contributed by atoms with Gasteiger partial charge >= 0.3 is 0 Å². The van der Waals surface area contributed by atoms with Crippen LogP contribution in [0.5, 0.6) is 0 Å². The third-order valence-electron chi connectivity index (χ3n) is 2.57. The minimum absolute atomic E-state index is 0.115. The zero-order valence-corrected chi connectivity index (χ0v) is 9.27. The Morgan fingerprint density at radius 1 is 1.47 bits per heavy atom. The lowest BCUT2D eigenvalue weighted by atomic mass is 10.1. The number of carbonyl (C=O) groups is 2. The van der Waals surface area contributed by atoms with E-state index in [9.17, 15) is 14.4 Å². The molecule has 1 aromatic heterocycles. The molecule has 90 valence electrons. The van der Waals surface area contributed by atoms with Gasteiger partial charge in [-0.2, -0.15) is 0 Å². The number of hydrogen-bond acceptors (Lipinski definition) is 5. The second-order valence-electron chi connectivity index (χ2n) is 3.84. The number of amides is 2. The van der Waals surface area contributed by atoms with Gasteiger partial charge in [0.1, 0.15) is 6.04 Å². The zero-order chi connectivity index (χ0) is 12.4. The Labute approximate surface area is 96.8 Å². The number of carbonyl (C=O) groups excluding carboxylic acids is 2. The van der Waals surface area contributed by atoms with E-state index in [2.05, 4.69) is 15.6 Å². The van der Waals surface area contributed by atoms with Gasteiger partial charge in [0.05, 0.1) is 0 Å². The molecule has 2 amide bonds. The van der Waals surface area contributed by atoms with E-state index in [-0.39, 0.29) is 23.7 Å². The van der Waals surface area contributed by atoms with Gasteiger partial charge in [0, 0.05) is 25.9 Å². The van der Waals surface area contributed by atoms with Gasteiger partial charge in [-0.3, -0.25) is 19.7 Å². The van der Waals surface area contributed by atoms with Crippen molar-refractivity contribution in [2.75, 3.05) is 5.32 Å². The number of nitrogens with zero attached hydrogens (tertiary/aromatic N) is 2. The highest BCUT2D eigenvalue weighted by atomic mass is 16.2. The summed E-state index contributed by atoms with van der Waals surface area (Å²) in [5.74, 6) is -0.597. The first-order chi connectivity index (χ1) is 8.08. The second-order valence-corrected chi connectivity index (χ2v) is 3.84. The fraction of sp³-hybridized carbons (Fsp3) is 0.400. The van der Waals surface area contributed by atoms with Crippen LogP contribution in [0.2, 0.25) is 0 Å². The van der Waals surface area contributed by atoms with Crippen molar-refractivity contribution in [3.05, 3.63) is 22.7 Å². The van der Waals surface area contributed by atoms with Crippen molar-refractivity contribution in [1.29, 1.82) is 0 Å². The Morgan fingerprint density at radius 2 is 2.24 bits per heavy atom. The van der Waals surface area contributed by atoms with Gasteiger partial charge in [0.15, 0.2) is 5.82 Å². The predicted octanol–water partition coefficient (Wildman–Crippen LogP) is -1.00. The van der Waals surface area contributed by atoms with Crippen molar-refractivity contribution in [3.63, 3.8) is 0 Å². The lowest BCUT2D eigenvalue weighted by Gasteiger charge is -2.21. The number of aromatic nitrogens is 2. The molecule has 7 heteroatoms. The standard InChI is InChI=1S/C10H12N4O3/c1-14-5-4-11-8(10(14)17)12-6-2-3-7(15)13-9(6)16/h4-6H,2-3H2,1H3,(H,11,12)(H,13,15,16). The first kappa shape index (κ1) is 11.3. The molecule has 1 fully saturated rings. The molecule has 1 aromatic rings. The molecule has 0 saturated carbocycles. The van der Waals surface area contributed by atoms with Gasteiger partial charge in [0.2, 0.25) is 11.8 Å². The number of nitrogens with one attached hydrogen (secondary N) is 2. The van der Waals surface area contributed by atoms with Gasteiger partial charge in [-0.25, -0.2) is 4.98 Å². The lowest BCUT2D eigenvalue weighted by molar-refractivity contribution is -0.133. The quantitative estimate of drug-likeness (QED) is 0.642. The van der Waals surface area contributed by atoms with E-state index in [1.54, 1.807) is 7.05 Å². The van der Waals surface area contributed by atoms with Crippen molar-refractivity contribution >= 4 is 17.6 Å². The van der Waals surface area contributed by atoms with E-state index in [0.717, 1.165) is 0 Å². The number of piperidine rings is 1. The van der Waals surface area contributed by atoms with Gasteiger partial charge in [-0.1, -0.05) is 0 Å². The summed E-state index contributed by atoms with van der Waals surface area (Å²) in [7, 11) is 1.60. The van der Waals surface area contributed by atoms with Crippen molar-refractivity contribution < 1.29 is 9.59 Å². The predicted molar refractivity (Wildman–Crippen MR) is 59.3 cm³/mol. The van der Waals surface area contributed by atoms with Gasteiger partial charge in [0.25, 0.3) is 5.56 Å². The Kier molecular flexibility index (Phi) is 2.90. The molecule has 0 aliphatic carbocycles. The van der Waals surface area contributed by atoms with Crippen molar-refractivity contribution in [2.45, 2.75) is 18.9 Å². The average molecular weight is 236 g/mol. The van der Waals surface area contributed by atoms with Crippen molar-refractivity contribution in [3.8, 4) is 0 Å². The van der Waals surface area contributed by atoms with Crippen LogP contribution >= 0.6 is 0 Å². The molecule has 1 unspecified atom stereocenters. The third kappa shape index (κ3) is 2.32. The summed E-state index contributed by atoms with van der Waals surface area (Å²) < 4.78 is 1.36. The Hall–Kier alpha value is -2.18. The monoisotopic (exact) mass is 236 g/mol. The maximum Gasteiger partial charge on any atom is 0.293 e. The van der Waals surface area contributed by atoms with Gasteiger partial charge in [-0.15, -0.1) is 0 Å². The smallest absolute Gasteiger partial charge is 0.293 e. The van der Waals surface area contributed by atoms with Crippen LogP contribution in [0.25, 0.3) is 0 Å². The molecular formula is C10H12N4O3. The van der Waals surface area contributed by atoms with Crippen LogP contribution in [0, 0.1) is 0 Å². The molecule has 0 bridgehead atoms. The molecule has 2 rings (SSSR count). The van der Waals surface area contributed by atoms with E-state index in [0.29, 0.717) is 6.42 Å². The molecule has 0 aromatic carbocycles. The molecule has 0 radical (unpaired) electrons. The summed E-state index contributed by atoms with van der Waals surface area (Å²) in [6.45, 7) is 0. The summed E-state index contributed by atoms with van der Waals surface area (Å²) >= 11 is 0. The van der Waals surface area contributed by atoms with Crippen LogP contribution in [0.4, 0.5) is 5.82 Å². The largest absolute Gasteiger partial charge is 0.354 e. The molecule has 2 N–H and O–H groups in total. The van der Waals surface area contributed by atoms with E-state index in [1.165, 1.54) is 17.0 Å². The van der Waals surface area contributed by atoms with E-state index in [4.69, 9.17) is 0 Å². The summed E-state index contributed by atoms with van der Waals surface area (Å²) in [5.41, 5.74) is -0.308. The summed E-state index contributed by atoms with van der Waals surface area (Å²) in [6.07, 6.45) is 3.62. The maximum absolute atomic E-state index is 11.7. The molecule has 1 aliphatic heterocycles. The van der Waals surface area contributed by atoms with Crippen LogP contribution in [0.15, 0.2) is 17.2 Å². The Balaban J connectivity index is 2.16. The highest BCUT2D eigenvalue weighted by molar-refractivity contribution is 6.01. The average Bonchev–Trinajstić information content (AvgIpc) is 2.28. The summed E-state index contributed by atoms with van der Waals surface area (Å²) in [4.78, 5) is 38.0. The molecule has 1 saturated heterocycles. The van der Waals surface area contributed by atoms with E-state index >= 15 is 0 Å². The minimum atomic E-state index is -0.588. The first-order valence-corrected chi connectivity index (χ1v) is 5.20. The topological polar surface area (TPSA) is 93.1 Å². The fourth-order valence-electron chi connectivity index (χ4n) is 1.59. The molecule has 1 atom stereocenters. The molecule has 1 aliphatic rings. The van der Waals surface area contributed by atoms with Gasteiger partial charge in [-0.05, 0) is 6.42 Å². The number of hydrogen-bond donors (Lipinski definition) is 2. The van der Waals surface area contributed by atoms with Crippen molar-refractivity contribution in [2.24, 2.45) is 7.05 Å². The van der Waals surface area contributed by atoms with Crippen LogP contribution < -0.4 is 16.2 Å². The Bertz CT molecular complexity index is 523.